The Balaban J connectivity index is 1.31. The maximum atomic E-state index is 13.2. The van der Waals surface area contributed by atoms with Crippen molar-refractivity contribution in [2.75, 3.05) is 44.2 Å². The van der Waals surface area contributed by atoms with Crippen LogP contribution in [0.2, 0.25) is 0 Å². The topological polar surface area (TPSA) is 44.6 Å². The fourth-order valence-electron chi connectivity index (χ4n) is 4.54. The van der Waals surface area contributed by atoms with Gasteiger partial charge in [0.15, 0.2) is 0 Å². The Morgan fingerprint density at radius 3 is 2.48 bits per heavy atom. The minimum atomic E-state index is -0.195. The van der Waals surface area contributed by atoms with Gasteiger partial charge in [0.25, 0.3) is 0 Å². The van der Waals surface area contributed by atoms with E-state index in [1.54, 1.807) is 0 Å². The molecule has 2 aliphatic heterocycles. The number of piperazine rings is 1. The van der Waals surface area contributed by atoms with E-state index >= 15 is 0 Å². The number of carbonyl (C=O) groups is 1. The van der Waals surface area contributed by atoms with Crippen molar-refractivity contribution in [2.24, 2.45) is 0 Å². The number of aryl methyl sites for hydroxylation is 2. The molecule has 0 radical (unpaired) electrons. The van der Waals surface area contributed by atoms with E-state index < -0.39 is 0 Å². The van der Waals surface area contributed by atoms with Gasteiger partial charge >= 0.3 is 0 Å². The Morgan fingerprint density at radius 1 is 1.10 bits per heavy atom. The van der Waals surface area contributed by atoms with Crippen LogP contribution in [0.15, 0.2) is 30.3 Å². The summed E-state index contributed by atoms with van der Waals surface area (Å²) in [4.78, 5) is 19.7. The lowest BCUT2D eigenvalue weighted by Gasteiger charge is -2.44. The van der Waals surface area contributed by atoms with Crippen molar-refractivity contribution >= 4 is 11.6 Å². The molecule has 0 N–H and O–H groups in total. The quantitative estimate of drug-likeness (QED) is 0.792. The molecule has 2 fully saturated rings. The predicted octanol–water partition coefficient (Wildman–Crippen LogP) is 2.45. The largest absolute Gasteiger partial charge is 0.369 e. The molecule has 0 spiro atoms. The zero-order chi connectivity index (χ0) is 20.4. The standard InChI is InChI=1S/C22H30FN5O/c1-17-14-18(2)28(24-17)16-22(29)27-9-3-4-21(15-27)26-12-10-25(11-13-26)20-7-5-19(23)6-8-20/h5-8,14,21H,3-4,9-13,15-16H2,1-2H3/t21-/m1/s1. The van der Waals surface area contributed by atoms with Gasteiger partial charge in [-0.3, -0.25) is 14.4 Å². The van der Waals surface area contributed by atoms with Gasteiger partial charge in [0.2, 0.25) is 5.91 Å². The summed E-state index contributed by atoms with van der Waals surface area (Å²) in [6, 6.07) is 9.18. The van der Waals surface area contributed by atoms with Crippen LogP contribution in [0.1, 0.15) is 24.2 Å². The first-order valence-corrected chi connectivity index (χ1v) is 10.5. The van der Waals surface area contributed by atoms with Crippen LogP contribution in [0.25, 0.3) is 0 Å². The average molecular weight is 400 g/mol. The number of carbonyl (C=O) groups excluding carboxylic acids is 1. The summed E-state index contributed by atoms with van der Waals surface area (Å²) >= 11 is 0. The number of rotatable bonds is 4. The second-order valence-electron chi connectivity index (χ2n) is 8.22. The third-order valence-corrected chi connectivity index (χ3v) is 6.16. The monoisotopic (exact) mass is 399 g/mol. The highest BCUT2D eigenvalue weighted by Crippen LogP contribution is 2.21. The van der Waals surface area contributed by atoms with Crippen LogP contribution in [0.3, 0.4) is 0 Å². The van der Waals surface area contributed by atoms with Crippen LogP contribution in [0.5, 0.6) is 0 Å². The van der Waals surface area contributed by atoms with E-state index in [0.717, 1.165) is 69.2 Å². The maximum absolute atomic E-state index is 13.2. The van der Waals surface area contributed by atoms with E-state index in [9.17, 15) is 9.18 Å². The lowest BCUT2D eigenvalue weighted by molar-refractivity contribution is -0.134. The summed E-state index contributed by atoms with van der Waals surface area (Å²) in [6.07, 6.45) is 2.19. The molecule has 2 aromatic rings. The lowest BCUT2D eigenvalue weighted by atomic mass is 10.0. The summed E-state index contributed by atoms with van der Waals surface area (Å²) in [5.74, 6) is -0.0364. The summed E-state index contributed by atoms with van der Waals surface area (Å²) in [6.45, 7) is 9.72. The number of hydrogen-bond acceptors (Lipinski definition) is 4. The smallest absolute Gasteiger partial charge is 0.244 e. The van der Waals surface area contributed by atoms with E-state index in [0.29, 0.717) is 12.6 Å². The molecule has 29 heavy (non-hydrogen) atoms. The average Bonchev–Trinajstić information content (AvgIpc) is 3.05. The van der Waals surface area contributed by atoms with Gasteiger partial charge in [-0.25, -0.2) is 4.39 Å². The fourth-order valence-corrected chi connectivity index (χ4v) is 4.54. The van der Waals surface area contributed by atoms with Gasteiger partial charge < -0.3 is 9.80 Å². The molecule has 7 heteroatoms. The van der Waals surface area contributed by atoms with Crippen molar-refractivity contribution in [3.05, 3.63) is 47.5 Å². The van der Waals surface area contributed by atoms with Gasteiger partial charge in [-0.1, -0.05) is 0 Å². The van der Waals surface area contributed by atoms with Crippen molar-refractivity contribution in [3.63, 3.8) is 0 Å². The number of likely N-dealkylation sites (tertiary alicyclic amines) is 1. The van der Waals surface area contributed by atoms with Crippen LogP contribution in [-0.2, 0) is 11.3 Å². The zero-order valence-corrected chi connectivity index (χ0v) is 17.4. The van der Waals surface area contributed by atoms with E-state index in [-0.39, 0.29) is 11.7 Å². The zero-order valence-electron chi connectivity index (χ0n) is 17.4. The molecule has 0 aliphatic carbocycles. The van der Waals surface area contributed by atoms with Gasteiger partial charge in [-0.2, -0.15) is 5.10 Å². The molecular weight excluding hydrogens is 369 g/mol. The summed E-state index contributed by atoms with van der Waals surface area (Å²) < 4.78 is 15.0. The number of nitrogens with zero attached hydrogens (tertiary/aromatic N) is 5. The second-order valence-corrected chi connectivity index (χ2v) is 8.22. The molecule has 4 rings (SSSR count). The Labute approximate surface area is 171 Å². The molecule has 0 unspecified atom stereocenters. The van der Waals surface area contributed by atoms with Crippen LogP contribution < -0.4 is 4.90 Å². The molecule has 3 heterocycles. The van der Waals surface area contributed by atoms with Crippen LogP contribution in [0.4, 0.5) is 10.1 Å². The number of hydrogen-bond donors (Lipinski definition) is 0. The van der Waals surface area contributed by atoms with Gasteiger partial charge in [-0.15, -0.1) is 0 Å². The van der Waals surface area contributed by atoms with Crippen LogP contribution >= 0.6 is 0 Å². The molecule has 1 aromatic heterocycles. The summed E-state index contributed by atoms with van der Waals surface area (Å²) in [7, 11) is 0. The third kappa shape index (κ3) is 4.61. The number of amides is 1. The van der Waals surface area contributed by atoms with Crippen molar-refractivity contribution in [1.82, 2.24) is 19.6 Å². The van der Waals surface area contributed by atoms with Crippen LogP contribution in [0, 0.1) is 19.7 Å². The van der Waals surface area contributed by atoms with Gasteiger partial charge in [0, 0.05) is 56.7 Å². The van der Waals surface area contributed by atoms with Crippen molar-refractivity contribution in [1.29, 1.82) is 0 Å². The Hall–Kier alpha value is -2.41. The van der Waals surface area contributed by atoms with Crippen molar-refractivity contribution in [3.8, 4) is 0 Å². The molecule has 0 saturated carbocycles. The molecule has 2 aliphatic rings. The van der Waals surface area contributed by atoms with E-state index in [4.69, 9.17) is 0 Å². The number of benzene rings is 1. The number of piperidine rings is 1. The van der Waals surface area contributed by atoms with E-state index in [1.165, 1.54) is 12.1 Å². The molecule has 1 aromatic carbocycles. The van der Waals surface area contributed by atoms with E-state index in [2.05, 4.69) is 14.9 Å². The first-order chi connectivity index (χ1) is 14.0. The molecule has 2 saturated heterocycles. The van der Waals surface area contributed by atoms with E-state index in [1.807, 2.05) is 41.6 Å². The highest BCUT2D eigenvalue weighted by atomic mass is 19.1. The number of aromatic nitrogens is 2. The maximum Gasteiger partial charge on any atom is 0.244 e. The Kier molecular flexibility index (Phi) is 5.85. The first kappa shape index (κ1) is 19.9. The molecule has 1 amide bonds. The molecule has 1 atom stereocenters. The second kappa shape index (κ2) is 8.53. The van der Waals surface area contributed by atoms with Gasteiger partial charge in [0.05, 0.1) is 5.69 Å². The molecule has 0 bridgehead atoms. The van der Waals surface area contributed by atoms with Crippen molar-refractivity contribution < 1.29 is 9.18 Å². The summed E-state index contributed by atoms with van der Waals surface area (Å²) in [5.41, 5.74) is 3.06. The first-order valence-electron chi connectivity index (χ1n) is 10.5. The highest BCUT2D eigenvalue weighted by Gasteiger charge is 2.30. The Bertz CT molecular complexity index is 841. The lowest BCUT2D eigenvalue weighted by Crippen LogP contribution is -2.56. The van der Waals surface area contributed by atoms with Crippen molar-refractivity contribution in [2.45, 2.75) is 39.3 Å². The molecule has 156 valence electrons. The number of anilines is 1. The molecule has 6 nitrogen and oxygen atoms in total. The normalized spacial score (nSPS) is 20.9. The van der Waals surface area contributed by atoms with Gasteiger partial charge in [0.1, 0.15) is 12.4 Å². The predicted molar refractivity (Wildman–Crippen MR) is 111 cm³/mol. The summed E-state index contributed by atoms with van der Waals surface area (Å²) in [5, 5.41) is 4.43. The highest BCUT2D eigenvalue weighted by molar-refractivity contribution is 5.76. The SMILES string of the molecule is Cc1cc(C)n(CC(=O)N2CCC[C@@H](N3CCN(c4ccc(F)cc4)CC3)C2)n1. The Morgan fingerprint density at radius 2 is 1.83 bits per heavy atom. The van der Waals surface area contributed by atoms with Crippen LogP contribution in [-0.4, -0.2) is 70.8 Å². The minimum Gasteiger partial charge on any atom is -0.369 e. The molecular formula is C22H30FN5O. The van der Waals surface area contributed by atoms with Gasteiger partial charge in [-0.05, 0) is 57.0 Å². The number of halogens is 1. The third-order valence-electron chi connectivity index (χ3n) is 6.16. The fraction of sp³-hybridized carbons (Fsp3) is 0.545. The minimum absolute atomic E-state index is 0.158.